The first kappa shape index (κ1) is 10.9. The topological polar surface area (TPSA) is 30.2 Å². The summed E-state index contributed by atoms with van der Waals surface area (Å²) >= 11 is 0. The molecule has 0 saturated heterocycles. The molecule has 0 radical (unpaired) electrons. The minimum atomic E-state index is -0.212. The van der Waals surface area contributed by atoms with Gasteiger partial charge in [0.2, 0.25) is 0 Å². The molecule has 1 heterocycles. The van der Waals surface area contributed by atoms with Gasteiger partial charge in [-0.1, -0.05) is 32.9 Å². The number of hydrogen-bond donors (Lipinski definition) is 0. The summed E-state index contributed by atoms with van der Waals surface area (Å²) in [6.07, 6.45) is 0.950. The van der Waals surface area contributed by atoms with Crippen LogP contribution in [-0.4, -0.2) is 0 Å². The molecule has 0 aliphatic carbocycles. The van der Waals surface area contributed by atoms with Gasteiger partial charge in [-0.25, -0.2) is 4.79 Å². The molecule has 2 rings (SSSR count). The molecular weight excluding hydrogens is 200 g/mol. The molecule has 1 aromatic heterocycles. The summed E-state index contributed by atoms with van der Waals surface area (Å²) in [6, 6.07) is 7.97. The highest BCUT2D eigenvalue weighted by molar-refractivity contribution is 5.77. The largest absolute Gasteiger partial charge is 0.423 e. The first-order valence-electron chi connectivity index (χ1n) is 5.68. The molecular formula is C14H16O2. The Labute approximate surface area is 94.9 Å². The van der Waals surface area contributed by atoms with Gasteiger partial charge in [-0.2, -0.15) is 0 Å². The zero-order valence-electron chi connectivity index (χ0n) is 9.91. The third-order valence-corrected chi connectivity index (χ3v) is 2.86. The molecule has 0 aliphatic rings. The van der Waals surface area contributed by atoms with Crippen molar-refractivity contribution in [2.24, 2.45) is 0 Å². The second kappa shape index (κ2) is 4.12. The van der Waals surface area contributed by atoms with Crippen LogP contribution in [0.1, 0.15) is 37.8 Å². The summed E-state index contributed by atoms with van der Waals surface area (Å²) < 4.78 is 5.34. The maximum atomic E-state index is 11.7. The van der Waals surface area contributed by atoms with E-state index in [1.54, 1.807) is 0 Å². The van der Waals surface area contributed by atoms with Gasteiger partial charge < -0.3 is 4.42 Å². The molecule has 2 nitrogen and oxygen atoms in total. The minimum absolute atomic E-state index is 0.200. The fourth-order valence-corrected chi connectivity index (χ4v) is 1.79. The van der Waals surface area contributed by atoms with Crippen molar-refractivity contribution in [3.8, 4) is 0 Å². The summed E-state index contributed by atoms with van der Waals surface area (Å²) in [6.45, 7) is 6.08. The molecule has 0 fully saturated rings. The molecule has 2 aromatic rings. The first-order chi connectivity index (χ1) is 7.61. The summed E-state index contributed by atoms with van der Waals surface area (Å²) in [5.41, 5.74) is 2.41. The Morgan fingerprint density at radius 1 is 1.25 bits per heavy atom. The van der Waals surface area contributed by atoms with Crippen LogP contribution in [0.3, 0.4) is 0 Å². The second-order valence-corrected chi connectivity index (χ2v) is 4.37. The van der Waals surface area contributed by atoms with Gasteiger partial charge in [0.05, 0.1) is 0 Å². The predicted octanol–water partition coefficient (Wildman–Crippen LogP) is 3.48. The number of aryl methyl sites for hydroxylation is 1. The van der Waals surface area contributed by atoms with E-state index < -0.39 is 0 Å². The molecule has 84 valence electrons. The summed E-state index contributed by atoms with van der Waals surface area (Å²) in [7, 11) is 0. The zero-order chi connectivity index (χ0) is 11.7. The van der Waals surface area contributed by atoms with Crippen LogP contribution in [0.4, 0.5) is 0 Å². The molecule has 0 spiro atoms. The van der Waals surface area contributed by atoms with Crippen LogP contribution in [0, 0.1) is 0 Å². The van der Waals surface area contributed by atoms with Gasteiger partial charge in [0.25, 0.3) is 0 Å². The summed E-state index contributed by atoms with van der Waals surface area (Å²) in [5.74, 6) is 0.200. The average molecular weight is 216 g/mol. The molecule has 1 aromatic carbocycles. The van der Waals surface area contributed by atoms with Gasteiger partial charge in [-0.15, -0.1) is 0 Å². The molecule has 0 unspecified atom stereocenters. The SMILES string of the molecule is CCc1ccc2cc(C(C)C)c(=O)oc2c1. The maximum absolute atomic E-state index is 11.7. The maximum Gasteiger partial charge on any atom is 0.339 e. The van der Waals surface area contributed by atoms with Crippen LogP contribution < -0.4 is 5.63 Å². The van der Waals surface area contributed by atoms with E-state index in [4.69, 9.17) is 4.42 Å². The van der Waals surface area contributed by atoms with Crippen molar-refractivity contribution in [1.29, 1.82) is 0 Å². The summed E-state index contributed by atoms with van der Waals surface area (Å²) in [4.78, 5) is 11.7. The van der Waals surface area contributed by atoms with Gasteiger partial charge >= 0.3 is 5.63 Å². The highest BCUT2D eigenvalue weighted by Crippen LogP contribution is 2.19. The van der Waals surface area contributed by atoms with Crippen LogP contribution in [0.25, 0.3) is 11.0 Å². The lowest BCUT2D eigenvalue weighted by atomic mass is 10.0. The molecule has 0 saturated carbocycles. The average Bonchev–Trinajstić information content (AvgIpc) is 2.27. The first-order valence-corrected chi connectivity index (χ1v) is 5.68. The van der Waals surface area contributed by atoms with E-state index in [0.29, 0.717) is 5.58 Å². The Morgan fingerprint density at radius 2 is 2.00 bits per heavy atom. The lowest BCUT2D eigenvalue weighted by molar-refractivity contribution is 0.544. The van der Waals surface area contributed by atoms with E-state index in [1.807, 2.05) is 32.0 Å². The standard InChI is InChI=1S/C14H16O2/c1-4-10-5-6-11-8-12(9(2)3)14(15)16-13(11)7-10/h5-9H,4H2,1-3H3. The molecule has 2 heteroatoms. The lowest BCUT2D eigenvalue weighted by Crippen LogP contribution is -2.08. The Kier molecular flexibility index (Phi) is 2.82. The predicted molar refractivity (Wildman–Crippen MR) is 66.0 cm³/mol. The van der Waals surface area contributed by atoms with Gasteiger partial charge in [0.15, 0.2) is 0 Å². The third kappa shape index (κ3) is 1.87. The highest BCUT2D eigenvalue weighted by atomic mass is 16.4. The molecule has 0 atom stereocenters. The Bertz CT molecular complexity index is 564. The van der Waals surface area contributed by atoms with E-state index in [1.165, 1.54) is 5.56 Å². The van der Waals surface area contributed by atoms with E-state index in [9.17, 15) is 4.79 Å². The van der Waals surface area contributed by atoms with Crippen LogP contribution in [0.2, 0.25) is 0 Å². The van der Waals surface area contributed by atoms with E-state index in [2.05, 4.69) is 13.0 Å². The summed E-state index contributed by atoms with van der Waals surface area (Å²) in [5, 5.41) is 1.00. The smallest absolute Gasteiger partial charge is 0.339 e. The zero-order valence-corrected chi connectivity index (χ0v) is 9.91. The van der Waals surface area contributed by atoms with Crippen LogP contribution in [-0.2, 0) is 6.42 Å². The molecule has 0 aliphatic heterocycles. The molecule has 0 amide bonds. The van der Waals surface area contributed by atoms with E-state index in [-0.39, 0.29) is 11.5 Å². The Morgan fingerprint density at radius 3 is 2.62 bits per heavy atom. The van der Waals surface area contributed by atoms with Gasteiger partial charge in [0, 0.05) is 10.9 Å². The van der Waals surface area contributed by atoms with Crippen molar-refractivity contribution < 1.29 is 4.42 Å². The van der Waals surface area contributed by atoms with Crippen LogP contribution in [0.15, 0.2) is 33.5 Å². The van der Waals surface area contributed by atoms with Crippen LogP contribution >= 0.6 is 0 Å². The Balaban J connectivity index is 2.69. The Hall–Kier alpha value is -1.57. The highest BCUT2D eigenvalue weighted by Gasteiger charge is 2.08. The molecule has 16 heavy (non-hydrogen) atoms. The monoisotopic (exact) mass is 216 g/mol. The number of hydrogen-bond acceptors (Lipinski definition) is 2. The third-order valence-electron chi connectivity index (χ3n) is 2.86. The lowest BCUT2D eigenvalue weighted by Gasteiger charge is -2.05. The number of benzene rings is 1. The fraction of sp³-hybridized carbons (Fsp3) is 0.357. The van der Waals surface area contributed by atoms with Gasteiger partial charge in [-0.05, 0) is 30.0 Å². The van der Waals surface area contributed by atoms with Gasteiger partial charge in [-0.3, -0.25) is 0 Å². The minimum Gasteiger partial charge on any atom is -0.423 e. The van der Waals surface area contributed by atoms with Crippen molar-refractivity contribution in [3.63, 3.8) is 0 Å². The van der Waals surface area contributed by atoms with Crippen molar-refractivity contribution in [1.82, 2.24) is 0 Å². The van der Waals surface area contributed by atoms with Gasteiger partial charge in [0.1, 0.15) is 5.58 Å². The molecule has 0 N–H and O–H groups in total. The van der Waals surface area contributed by atoms with Crippen molar-refractivity contribution >= 4 is 11.0 Å². The quantitative estimate of drug-likeness (QED) is 0.719. The van der Waals surface area contributed by atoms with E-state index >= 15 is 0 Å². The molecule has 0 bridgehead atoms. The fourth-order valence-electron chi connectivity index (χ4n) is 1.79. The van der Waals surface area contributed by atoms with Crippen molar-refractivity contribution in [3.05, 3.63) is 45.8 Å². The van der Waals surface area contributed by atoms with Crippen molar-refractivity contribution in [2.45, 2.75) is 33.1 Å². The number of fused-ring (bicyclic) bond motifs is 1. The normalized spacial score (nSPS) is 11.2. The van der Waals surface area contributed by atoms with E-state index in [0.717, 1.165) is 17.4 Å². The van der Waals surface area contributed by atoms with Crippen molar-refractivity contribution in [2.75, 3.05) is 0 Å². The second-order valence-electron chi connectivity index (χ2n) is 4.37. The van der Waals surface area contributed by atoms with Crippen LogP contribution in [0.5, 0.6) is 0 Å². The number of rotatable bonds is 2.